The van der Waals surface area contributed by atoms with Gasteiger partial charge >= 0.3 is 0 Å². The van der Waals surface area contributed by atoms with E-state index >= 15 is 0 Å². The maximum atomic E-state index is 13.4. The van der Waals surface area contributed by atoms with Gasteiger partial charge in [-0.25, -0.2) is 9.07 Å². The van der Waals surface area contributed by atoms with Crippen molar-refractivity contribution < 1.29 is 4.39 Å². The predicted octanol–water partition coefficient (Wildman–Crippen LogP) is 1.11. The molecule has 0 saturated carbocycles. The fraction of sp³-hybridized carbons (Fsp3) is 0.182. The van der Waals surface area contributed by atoms with Crippen LogP contribution in [0, 0.1) is 5.82 Å². The maximum absolute atomic E-state index is 13.4. The molecule has 16 heavy (non-hydrogen) atoms. The summed E-state index contributed by atoms with van der Waals surface area (Å²) in [6.07, 6.45) is 1.61. The van der Waals surface area contributed by atoms with E-state index in [9.17, 15) is 4.39 Å². The summed E-state index contributed by atoms with van der Waals surface area (Å²) in [5.41, 5.74) is 12.6. The molecule has 1 aromatic heterocycles. The number of aromatic nitrogens is 2. The summed E-state index contributed by atoms with van der Waals surface area (Å²) in [6.45, 7) is 0.654. The Kier molecular flexibility index (Phi) is 2.87. The van der Waals surface area contributed by atoms with E-state index in [-0.39, 0.29) is 5.82 Å². The van der Waals surface area contributed by atoms with Crippen molar-refractivity contribution in [3.8, 4) is 0 Å². The molecule has 0 aliphatic rings. The highest BCUT2D eigenvalue weighted by Gasteiger charge is 2.08. The SMILES string of the molecule is NCc1cnn(Cc2ccccc2F)c1N. The summed E-state index contributed by atoms with van der Waals surface area (Å²) in [5, 5.41) is 4.07. The molecule has 0 bridgehead atoms. The van der Waals surface area contributed by atoms with Crippen molar-refractivity contribution in [1.82, 2.24) is 9.78 Å². The van der Waals surface area contributed by atoms with Crippen LogP contribution < -0.4 is 11.5 Å². The number of anilines is 1. The van der Waals surface area contributed by atoms with E-state index in [0.717, 1.165) is 5.56 Å². The largest absolute Gasteiger partial charge is 0.384 e. The number of halogens is 1. The quantitative estimate of drug-likeness (QED) is 0.814. The molecule has 0 atom stereocenters. The molecule has 2 aromatic rings. The summed E-state index contributed by atoms with van der Waals surface area (Å²) in [5.74, 6) is 0.234. The monoisotopic (exact) mass is 220 g/mol. The van der Waals surface area contributed by atoms with Crippen molar-refractivity contribution >= 4 is 5.82 Å². The Morgan fingerprint density at radius 1 is 1.25 bits per heavy atom. The fourth-order valence-corrected chi connectivity index (χ4v) is 1.50. The third kappa shape index (κ3) is 1.90. The highest BCUT2D eigenvalue weighted by molar-refractivity contribution is 5.39. The average molecular weight is 220 g/mol. The van der Waals surface area contributed by atoms with Crippen LogP contribution in [-0.4, -0.2) is 9.78 Å². The van der Waals surface area contributed by atoms with Crippen molar-refractivity contribution in [2.45, 2.75) is 13.1 Å². The topological polar surface area (TPSA) is 69.9 Å². The average Bonchev–Trinajstić information content (AvgIpc) is 2.63. The van der Waals surface area contributed by atoms with E-state index in [1.54, 1.807) is 29.1 Å². The molecule has 0 aliphatic heterocycles. The molecule has 0 spiro atoms. The zero-order valence-corrected chi connectivity index (χ0v) is 8.73. The third-order valence-corrected chi connectivity index (χ3v) is 2.46. The van der Waals surface area contributed by atoms with Crippen LogP contribution in [0.25, 0.3) is 0 Å². The van der Waals surface area contributed by atoms with Gasteiger partial charge in [-0.05, 0) is 6.07 Å². The lowest BCUT2D eigenvalue weighted by Crippen LogP contribution is -2.09. The van der Waals surface area contributed by atoms with Crippen molar-refractivity contribution in [1.29, 1.82) is 0 Å². The molecular formula is C11H13FN4. The number of benzene rings is 1. The number of rotatable bonds is 3. The van der Waals surface area contributed by atoms with Crippen molar-refractivity contribution in [3.05, 3.63) is 47.4 Å². The summed E-state index contributed by atoms with van der Waals surface area (Å²) in [6, 6.07) is 6.55. The highest BCUT2D eigenvalue weighted by Crippen LogP contribution is 2.14. The molecule has 4 nitrogen and oxygen atoms in total. The summed E-state index contributed by atoms with van der Waals surface area (Å²) >= 11 is 0. The lowest BCUT2D eigenvalue weighted by Gasteiger charge is -2.05. The highest BCUT2D eigenvalue weighted by atomic mass is 19.1. The number of nitrogens with two attached hydrogens (primary N) is 2. The molecule has 0 radical (unpaired) electrons. The number of nitrogens with zero attached hydrogens (tertiary/aromatic N) is 2. The molecule has 4 N–H and O–H groups in total. The van der Waals surface area contributed by atoms with Crippen LogP contribution >= 0.6 is 0 Å². The zero-order valence-electron chi connectivity index (χ0n) is 8.73. The van der Waals surface area contributed by atoms with Crippen LogP contribution in [0.15, 0.2) is 30.5 Å². The first-order chi connectivity index (χ1) is 7.72. The van der Waals surface area contributed by atoms with Gasteiger partial charge in [0.05, 0.1) is 12.7 Å². The second-order valence-corrected chi connectivity index (χ2v) is 3.51. The van der Waals surface area contributed by atoms with Gasteiger partial charge < -0.3 is 11.5 Å². The molecule has 1 heterocycles. The van der Waals surface area contributed by atoms with Crippen molar-refractivity contribution in [2.24, 2.45) is 5.73 Å². The van der Waals surface area contributed by atoms with E-state index in [0.29, 0.717) is 24.5 Å². The van der Waals surface area contributed by atoms with Crippen LogP contribution in [-0.2, 0) is 13.1 Å². The van der Waals surface area contributed by atoms with Gasteiger partial charge in [0, 0.05) is 17.7 Å². The minimum atomic E-state index is -0.258. The lowest BCUT2D eigenvalue weighted by atomic mass is 10.2. The Balaban J connectivity index is 2.27. The Hall–Kier alpha value is -1.88. The standard InChI is InChI=1S/C11H13FN4/c12-10-4-2-1-3-8(10)7-16-11(14)9(5-13)6-15-16/h1-4,6H,5,7,13-14H2. The number of hydrogen-bond acceptors (Lipinski definition) is 3. The summed E-state index contributed by atoms with van der Waals surface area (Å²) in [4.78, 5) is 0. The van der Waals surface area contributed by atoms with Gasteiger partial charge in [0.25, 0.3) is 0 Å². The zero-order chi connectivity index (χ0) is 11.5. The fourth-order valence-electron chi connectivity index (χ4n) is 1.50. The Labute approximate surface area is 92.7 Å². The summed E-state index contributed by atoms with van der Waals surface area (Å²) < 4.78 is 14.9. The third-order valence-electron chi connectivity index (χ3n) is 2.46. The Morgan fingerprint density at radius 3 is 2.62 bits per heavy atom. The first-order valence-corrected chi connectivity index (χ1v) is 4.96. The minimum Gasteiger partial charge on any atom is -0.384 e. The predicted molar refractivity (Wildman–Crippen MR) is 60.0 cm³/mol. The van der Waals surface area contributed by atoms with E-state index in [2.05, 4.69) is 5.10 Å². The van der Waals surface area contributed by atoms with Gasteiger partial charge in [-0.15, -0.1) is 0 Å². The second kappa shape index (κ2) is 4.32. The molecule has 5 heteroatoms. The van der Waals surface area contributed by atoms with E-state index < -0.39 is 0 Å². The molecule has 1 aromatic carbocycles. The molecule has 0 fully saturated rings. The first-order valence-electron chi connectivity index (χ1n) is 4.96. The van der Waals surface area contributed by atoms with Gasteiger partial charge in [0.15, 0.2) is 0 Å². The van der Waals surface area contributed by atoms with Gasteiger partial charge in [-0.3, -0.25) is 0 Å². The molecule has 0 aliphatic carbocycles. The second-order valence-electron chi connectivity index (χ2n) is 3.51. The van der Waals surface area contributed by atoms with Gasteiger partial charge in [-0.2, -0.15) is 5.10 Å². The smallest absolute Gasteiger partial charge is 0.128 e. The molecule has 84 valence electrons. The van der Waals surface area contributed by atoms with Crippen LogP contribution in [0.2, 0.25) is 0 Å². The van der Waals surface area contributed by atoms with E-state index in [1.807, 2.05) is 0 Å². The van der Waals surface area contributed by atoms with Crippen LogP contribution in [0.1, 0.15) is 11.1 Å². The van der Waals surface area contributed by atoms with Crippen LogP contribution in [0.4, 0.5) is 10.2 Å². The Morgan fingerprint density at radius 2 is 2.00 bits per heavy atom. The van der Waals surface area contributed by atoms with Gasteiger partial charge in [0.1, 0.15) is 11.6 Å². The van der Waals surface area contributed by atoms with E-state index in [1.165, 1.54) is 6.07 Å². The first kappa shape index (κ1) is 10.6. The van der Waals surface area contributed by atoms with Crippen LogP contribution in [0.5, 0.6) is 0 Å². The Bertz CT molecular complexity index is 492. The molecule has 0 unspecified atom stereocenters. The molecule has 2 rings (SSSR count). The van der Waals surface area contributed by atoms with Crippen molar-refractivity contribution in [2.75, 3.05) is 5.73 Å². The van der Waals surface area contributed by atoms with Gasteiger partial charge in [-0.1, -0.05) is 18.2 Å². The van der Waals surface area contributed by atoms with E-state index in [4.69, 9.17) is 11.5 Å². The molecule has 0 saturated heterocycles. The molecular weight excluding hydrogens is 207 g/mol. The number of hydrogen-bond donors (Lipinski definition) is 2. The maximum Gasteiger partial charge on any atom is 0.128 e. The minimum absolute atomic E-state index is 0.258. The van der Waals surface area contributed by atoms with Crippen LogP contribution in [0.3, 0.4) is 0 Å². The van der Waals surface area contributed by atoms with Gasteiger partial charge in [0.2, 0.25) is 0 Å². The lowest BCUT2D eigenvalue weighted by molar-refractivity contribution is 0.587. The molecule has 0 amide bonds. The number of nitrogen functional groups attached to an aromatic ring is 1. The summed E-state index contributed by atoms with van der Waals surface area (Å²) in [7, 11) is 0. The normalized spacial score (nSPS) is 10.6. The van der Waals surface area contributed by atoms with Crippen molar-refractivity contribution in [3.63, 3.8) is 0 Å².